The van der Waals surface area contributed by atoms with E-state index in [0.29, 0.717) is 21.7 Å². The van der Waals surface area contributed by atoms with Gasteiger partial charge in [-0.2, -0.15) is 4.98 Å². The van der Waals surface area contributed by atoms with Crippen molar-refractivity contribution in [3.8, 4) is 5.75 Å². The van der Waals surface area contributed by atoms with Crippen molar-refractivity contribution in [3.05, 3.63) is 49.1 Å². The minimum absolute atomic E-state index is 0.0120. The highest BCUT2D eigenvalue weighted by molar-refractivity contribution is 6.35. The van der Waals surface area contributed by atoms with Crippen LogP contribution in [0.5, 0.6) is 5.75 Å². The number of aromatic nitrogens is 4. The second-order valence-corrected chi connectivity index (χ2v) is 7.72. The van der Waals surface area contributed by atoms with Crippen molar-refractivity contribution in [1.82, 2.24) is 19.1 Å². The number of aryl methyl sites for hydroxylation is 1. The van der Waals surface area contributed by atoms with Crippen LogP contribution in [0, 0.1) is 0 Å². The van der Waals surface area contributed by atoms with Crippen molar-refractivity contribution < 1.29 is 9.84 Å². The molecule has 9 nitrogen and oxygen atoms in total. The summed E-state index contributed by atoms with van der Waals surface area (Å²) in [6, 6.07) is 4.79. The Balaban J connectivity index is 1.90. The van der Waals surface area contributed by atoms with Gasteiger partial charge in [-0.05, 0) is 32.0 Å². The molecule has 3 aromatic rings. The van der Waals surface area contributed by atoms with Gasteiger partial charge >= 0.3 is 5.69 Å². The molecule has 0 radical (unpaired) electrons. The average molecular weight is 442 g/mol. The van der Waals surface area contributed by atoms with Gasteiger partial charge in [-0.25, -0.2) is 4.79 Å². The Bertz CT molecular complexity index is 1150. The maximum Gasteiger partial charge on any atom is 0.329 e. The van der Waals surface area contributed by atoms with E-state index in [4.69, 9.17) is 27.9 Å². The molecule has 11 heteroatoms. The summed E-state index contributed by atoms with van der Waals surface area (Å²) >= 11 is 11.9. The Labute approximate surface area is 175 Å². The highest BCUT2D eigenvalue weighted by atomic mass is 35.5. The van der Waals surface area contributed by atoms with E-state index < -0.39 is 17.4 Å². The smallest absolute Gasteiger partial charge is 0.329 e. The Morgan fingerprint density at radius 1 is 1.31 bits per heavy atom. The van der Waals surface area contributed by atoms with Crippen molar-refractivity contribution in [2.75, 3.05) is 11.9 Å². The number of halogens is 2. The number of nitrogens with zero attached hydrogens (tertiary/aromatic N) is 3. The summed E-state index contributed by atoms with van der Waals surface area (Å²) in [4.78, 5) is 30.9. The molecule has 0 aliphatic rings. The van der Waals surface area contributed by atoms with Gasteiger partial charge in [-0.15, -0.1) is 0 Å². The fraction of sp³-hybridized carbons (Fsp3) is 0.389. The number of rotatable bonds is 7. The second kappa shape index (κ2) is 8.48. The first-order chi connectivity index (χ1) is 13.7. The molecule has 2 aromatic heterocycles. The monoisotopic (exact) mass is 441 g/mol. The molecule has 2 heterocycles. The van der Waals surface area contributed by atoms with Crippen molar-refractivity contribution in [3.63, 3.8) is 0 Å². The molecule has 0 bridgehead atoms. The van der Waals surface area contributed by atoms with Gasteiger partial charge in [0.2, 0.25) is 5.95 Å². The zero-order valence-electron chi connectivity index (χ0n) is 16.1. The van der Waals surface area contributed by atoms with Crippen LogP contribution >= 0.6 is 23.2 Å². The third-order valence-corrected chi connectivity index (χ3v) is 4.67. The molecular weight excluding hydrogens is 421 g/mol. The lowest BCUT2D eigenvalue weighted by molar-refractivity contribution is 0.0938. The fourth-order valence-electron chi connectivity index (χ4n) is 2.82. The molecule has 0 saturated heterocycles. The molecule has 29 heavy (non-hydrogen) atoms. The molecule has 3 rings (SSSR count). The lowest BCUT2D eigenvalue weighted by Gasteiger charge is -2.17. The predicted octanol–water partition coefficient (Wildman–Crippen LogP) is 1.99. The number of aliphatic hydroxyl groups excluding tert-OH is 1. The molecule has 3 N–H and O–H groups in total. The van der Waals surface area contributed by atoms with Crippen molar-refractivity contribution in [2.24, 2.45) is 7.05 Å². The van der Waals surface area contributed by atoms with Crippen LogP contribution in [0.3, 0.4) is 0 Å². The molecular formula is C18H21Cl2N5O4. The van der Waals surface area contributed by atoms with E-state index in [0.717, 1.165) is 0 Å². The number of hydrogen-bond acceptors (Lipinski definition) is 6. The van der Waals surface area contributed by atoms with E-state index in [-0.39, 0.29) is 30.4 Å². The quantitative estimate of drug-likeness (QED) is 0.516. The summed E-state index contributed by atoms with van der Waals surface area (Å²) in [5.41, 5.74) is -0.750. The lowest BCUT2D eigenvalue weighted by atomic mass is 10.3. The maximum atomic E-state index is 12.4. The standard InChI is InChI=1S/C18H21Cl2N5O4/c1-9(2)21-17-22-15-14(16(27)23-18(28)24(15)3)25(17)7-11(26)8-29-13-5-4-10(19)6-12(13)20/h4-6,9,11,26H,7-8H2,1-3H3,(H,21,22)(H,23,27,28). The van der Waals surface area contributed by atoms with Crippen LogP contribution in [0.15, 0.2) is 27.8 Å². The van der Waals surface area contributed by atoms with E-state index >= 15 is 0 Å². The number of hydrogen-bond donors (Lipinski definition) is 3. The summed E-state index contributed by atoms with van der Waals surface area (Å²) < 4.78 is 8.35. The van der Waals surface area contributed by atoms with E-state index in [1.54, 1.807) is 18.2 Å². The predicted molar refractivity (Wildman–Crippen MR) is 112 cm³/mol. The second-order valence-electron chi connectivity index (χ2n) is 6.88. The van der Waals surface area contributed by atoms with E-state index in [1.807, 2.05) is 13.8 Å². The summed E-state index contributed by atoms with van der Waals surface area (Å²) in [5.74, 6) is 0.747. The number of anilines is 1. The Hall–Kier alpha value is -2.49. The third kappa shape index (κ3) is 4.58. The van der Waals surface area contributed by atoms with E-state index in [9.17, 15) is 14.7 Å². The first kappa shape index (κ1) is 21.2. The van der Waals surface area contributed by atoms with Gasteiger partial charge in [0.25, 0.3) is 5.56 Å². The first-order valence-electron chi connectivity index (χ1n) is 8.89. The number of aromatic amines is 1. The van der Waals surface area contributed by atoms with Crippen LogP contribution in [-0.2, 0) is 13.6 Å². The summed E-state index contributed by atoms with van der Waals surface area (Å²) in [5, 5.41) is 14.4. The first-order valence-corrected chi connectivity index (χ1v) is 9.65. The van der Waals surface area contributed by atoms with Gasteiger partial charge < -0.3 is 19.7 Å². The van der Waals surface area contributed by atoms with Gasteiger partial charge in [0.15, 0.2) is 11.2 Å². The van der Waals surface area contributed by atoms with Gasteiger partial charge in [0.05, 0.1) is 11.6 Å². The number of fused-ring (bicyclic) bond motifs is 1. The maximum absolute atomic E-state index is 12.4. The van der Waals surface area contributed by atoms with Crippen LogP contribution in [0.1, 0.15) is 13.8 Å². The van der Waals surface area contributed by atoms with Crippen LogP contribution < -0.4 is 21.3 Å². The molecule has 156 valence electrons. The van der Waals surface area contributed by atoms with Crippen LogP contribution in [0.4, 0.5) is 5.95 Å². The highest BCUT2D eigenvalue weighted by Crippen LogP contribution is 2.27. The lowest BCUT2D eigenvalue weighted by Crippen LogP contribution is -2.31. The molecule has 0 saturated carbocycles. The molecule has 0 amide bonds. The summed E-state index contributed by atoms with van der Waals surface area (Å²) in [7, 11) is 1.51. The normalized spacial score (nSPS) is 12.5. The minimum atomic E-state index is -0.983. The summed E-state index contributed by atoms with van der Waals surface area (Å²) in [6.07, 6.45) is -0.983. The molecule has 0 spiro atoms. The summed E-state index contributed by atoms with van der Waals surface area (Å²) in [6.45, 7) is 3.76. The van der Waals surface area contributed by atoms with Gasteiger partial charge in [0, 0.05) is 18.1 Å². The topological polar surface area (TPSA) is 114 Å². The van der Waals surface area contributed by atoms with Crippen LogP contribution in [-0.4, -0.2) is 43.0 Å². The number of benzene rings is 1. The Morgan fingerprint density at radius 3 is 2.69 bits per heavy atom. The van der Waals surface area contributed by atoms with Gasteiger partial charge in [-0.3, -0.25) is 14.3 Å². The minimum Gasteiger partial charge on any atom is -0.489 e. The molecule has 0 aliphatic heterocycles. The average Bonchev–Trinajstić information content (AvgIpc) is 2.97. The van der Waals surface area contributed by atoms with Crippen molar-refractivity contribution >= 4 is 40.3 Å². The fourth-order valence-corrected chi connectivity index (χ4v) is 3.29. The number of ether oxygens (including phenoxy) is 1. The molecule has 0 aliphatic carbocycles. The number of aliphatic hydroxyl groups is 1. The molecule has 1 unspecified atom stereocenters. The largest absolute Gasteiger partial charge is 0.489 e. The zero-order chi connectivity index (χ0) is 21.3. The Kier molecular flexibility index (Phi) is 6.21. The SMILES string of the molecule is CC(C)Nc1nc2c(c(=O)[nH]c(=O)n2C)n1CC(O)COc1ccc(Cl)cc1Cl. The van der Waals surface area contributed by atoms with Gasteiger partial charge in [-0.1, -0.05) is 23.2 Å². The number of nitrogens with one attached hydrogen (secondary N) is 2. The van der Waals surface area contributed by atoms with E-state index in [1.165, 1.54) is 16.2 Å². The molecule has 1 aromatic carbocycles. The number of imidazole rings is 1. The van der Waals surface area contributed by atoms with Gasteiger partial charge in [0.1, 0.15) is 18.5 Å². The van der Waals surface area contributed by atoms with Crippen molar-refractivity contribution in [2.45, 2.75) is 32.5 Å². The number of H-pyrrole nitrogens is 1. The highest BCUT2D eigenvalue weighted by Gasteiger charge is 2.20. The zero-order valence-corrected chi connectivity index (χ0v) is 17.6. The molecule has 1 atom stereocenters. The van der Waals surface area contributed by atoms with E-state index in [2.05, 4.69) is 15.3 Å². The van der Waals surface area contributed by atoms with Crippen LogP contribution in [0.25, 0.3) is 11.2 Å². The van der Waals surface area contributed by atoms with Crippen molar-refractivity contribution in [1.29, 1.82) is 0 Å². The molecule has 0 fully saturated rings. The Morgan fingerprint density at radius 2 is 2.03 bits per heavy atom. The third-order valence-electron chi connectivity index (χ3n) is 4.14. The van der Waals surface area contributed by atoms with Crippen LogP contribution in [0.2, 0.25) is 10.0 Å².